The van der Waals surface area contributed by atoms with E-state index in [-0.39, 0.29) is 11.3 Å². The highest BCUT2D eigenvalue weighted by Crippen LogP contribution is 2.24. The van der Waals surface area contributed by atoms with Crippen LogP contribution in [0.2, 0.25) is 0 Å². The van der Waals surface area contributed by atoms with Gasteiger partial charge in [-0.2, -0.15) is 5.10 Å². The highest BCUT2D eigenvalue weighted by atomic mass is 32.2. The van der Waals surface area contributed by atoms with E-state index in [4.69, 9.17) is 0 Å². The van der Waals surface area contributed by atoms with Crippen molar-refractivity contribution in [3.63, 3.8) is 0 Å². The lowest BCUT2D eigenvalue weighted by Gasteiger charge is -2.29. The average molecular weight is 271 g/mol. The zero-order valence-corrected chi connectivity index (χ0v) is 11.8. The molecule has 2 atom stereocenters. The minimum atomic E-state index is -2.94. The maximum absolute atomic E-state index is 12.1. The van der Waals surface area contributed by atoms with Gasteiger partial charge in [0.05, 0.1) is 17.2 Å². The molecule has 0 spiro atoms. The predicted octanol–water partition coefficient (Wildman–Crippen LogP) is 0.518. The topological polar surface area (TPSA) is 64.0 Å². The van der Waals surface area contributed by atoms with E-state index >= 15 is 0 Å². The summed E-state index contributed by atoms with van der Waals surface area (Å²) in [5.41, 5.74) is 1.08. The summed E-state index contributed by atoms with van der Waals surface area (Å²) in [5.74, 6) is 0.336. The molecule has 1 saturated heterocycles. The van der Waals surface area contributed by atoms with Crippen LogP contribution in [0.5, 0.6) is 0 Å². The number of hydrogen-bond acceptors (Lipinski definition) is 4. The van der Waals surface area contributed by atoms with E-state index in [1.807, 2.05) is 20.3 Å². The fourth-order valence-electron chi connectivity index (χ4n) is 2.68. The molecule has 0 radical (unpaired) electrons. The highest BCUT2D eigenvalue weighted by Gasteiger charge is 2.34. The third-order valence-corrected chi connectivity index (χ3v) is 6.01. The fourth-order valence-corrected chi connectivity index (χ4v) is 4.85. The molecule has 5 nitrogen and oxygen atoms in total. The largest absolute Gasteiger partial charge is 0.315 e. The lowest BCUT2D eigenvalue weighted by Crippen LogP contribution is -2.46. The first-order valence-corrected chi connectivity index (χ1v) is 8.11. The molecule has 2 rings (SSSR count). The average Bonchev–Trinajstić information content (AvgIpc) is 2.72. The Balaban J connectivity index is 2.12. The summed E-state index contributed by atoms with van der Waals surface area (Å²) in [6.07, 6.45) is 7.05. The van der Waals surface area contributed by atoms with Gasteiger partial charge >= 0.3 is 0 Å². The van der Waals surface area contributed by atoms with Crippen molar-refractivity contribution in [3.05, 3.63) is 18.0 Å². The van der Waals surface area contributed by atoms with Gasteiger partial charge in [-0.3, -0.25) is 4.68 Å². The number of likely N-dealkylation sites (N-methyl/N-ethyl adjacent to an activating group) is 1. The van der Waals surface area contributed by atoms with Crippen LogP contribution < -0.4 is 5.32 Å². The van der Waals surface area contributed by atoms with Gasteiger partial charge in [0.25, 0.3) is 0 Å². The van der Waals surface area contributed by atoms with Gasteiger partial charge in [-0.15, -0.1) is 0 Å². The van der Waals surface area contributed by atoms with Crippen LogP contribution >= 0.6 is 0 Å². The van der Waals surface area contributed by atoms with Crippen LogP contribution in [0.25, 0.3) is 0 Å². The Labute approximate surface area is 108 Å². The van der Waals surface area contributed by atoms with Crippen LogP contribution in [0.1, 0.15) is 24.8 Å². The molecule has 1 aromatic heterocycles. The second-order valence-corrected chi connectivity index (χ2v) is 7.36. The van der Waals surface area contributed by atoms with Crippen LogP contribution in [0, 0.1) is 0 Å². The van der Waals surface area contributed by atoms with Crippen molar-refractivity contribution < 1.29 is 8.42 Å². The molecule has 1 aromatic rings. The molecule has 0 aromatic carbocycles. The molecule has 0 saturated carbocycles. The molecular weight excluding hydrogens is 250 g/mol. The minimum absolute atomic E-state index is 0.0144. The van der Waals surface area contributed by atoms with Gasteiger partial charge in [0.1, 0.15) is 0 Å². The standard InChI is InChI=1S/C12H21N3O2S/c1-13-11(7-10-8-14-15(2)9-10)12-5-3-4-6-18(12,16)17/h8-9,11-13H,3-7H2,1-2H3. The molecule has 1 aliphatic rings. The molecule has 1 fully saturated rings. The van der Waals surface area contributed by atoms with Crippen molar-refractivity contribution in [1.82, 2.24) is 15.1 Å². The second-order valence-electron chi connectivity index (χ2n) is 5.02. The van der Waals surface area contributed by atoms with Gasteiger partial charge in [-0.1, -0.05) is 6.42 Å². The fraction of sp³-hybridized carbons (Fsp3) is 0.750. The summed E-state index contributed by atoms with van der Waals surface area (Å²) in [7, 11) is 0.771. The van der Waals surface area contributed by atoms with Crippen molar-refractivity contribution in [1.29, 1.82) is 0 Å². The monoisotopic (exact) mass is 271 g/mol. The number of hydrogen-bond donors (Lipinski definition) is 1. The van der Waals surface area contributed by atoms with E-state index in [0.29, 0.717) is 12.2 Å². The molecule has 18 heavy (non-hydrogen) atoms. The third kappa shape index (κ3) is 2.92. The van der Waals surface area contributed by atoms with E-state index in [0.717, 1.165) is 24.8 Å². The lowest BCUT2D eigenvalue weighted by atomic mass is 10.0. The van der Waals surface area contributed by atoms with Crippen molar-refractivity contribution in [2.24, 2.45) is 7.05 Å². The van der Waals surface area contributed by atoms with E-state index in [2.05, 4.69) is 10.4 Å². The molecule has 0 bridgehead atoms. The predicted molar refractivity (Wildman–Crippen MR) is 71.2 cm³/mol. The molecule has 102 valence electrons. The lowest BCUT2D eigenvalue weighted by molar-refractivity contribution is 0.456. The second kappa shape index (κ2) is 5.40. The molecule has 1 aliphatic heterocycles. The smallest absolute Gasteiger partial charge is 0.154 e. The maximum Gasteiger partial charge on any atom is 0.154 e. The molecule has 1 N–H and O–H groups in total. The van der Waals surface area contributed by atoms with Crippen LogP contribution in [0.15, 0.2) is 12.4 Å². The summed E-state index contributed by atoms with van der Waals surface area (Å²) in [6, 6.07) is -0.0144. The van der Waals surface area contributed by atoms with Gasteiger partial charge in [-0.05, 0) is 31.9 Å². The van der Waals surface area contributed by atoms with E-state index < -0.39 is 9.84 Å². The van der Waals surface area contributed by atoms with Crippen molar-refractivity contribution >= 4 is 9.84 Å². The summed E-state index contributed by atoms with van der Waals surface area (Å²) >= 11 is 0. The zero-order chi connectivity index (χ0) is 13.2. The van der Waals surface area contributed by atoms with Crippen LogP contribution in [-0.2, 0) is 23.3 Å². The first-order valence-electron chi connectivity index (χ1n) is 6.39. The van der Waals surface area contributed by atoms with Crippen molar-refractivity contribution in [2.45, 2.75) is 37.0 Å². The number of rotatable bonds is 4. The summed E-state index contributed by atoms with van der Waals surface area (Å²) < 4.78 is 26.0. The number of sulfone groups is 1. The number of nitrogens with one attached hydrogen (secondary N) is 1. The SMILES string of the molecule is CNC(Cc1cnn(C)c1)C1CCCCS1(=O)=O. The summed E-state index contributed by atoms with van der Waals surface area (Å²) in [6.45, 7) is 0. The number of nitrogens with zero attached hydrogens (tertiary/aromatic N) is 2. The summed E-state index contributed by atoms with van der Waals surface area (Å²) in [4.78, 5) is 0. The highest BCUT2D eigenvalue weighted by molar-refractivity contribution is 7.92. The van der Waals surface area contributed by atoms with Crippen molar-refractivity contribution in [2.75, 3.05) is 12.8 Å². The third-order valence-electron chi connectivity index (χ3n) is 3.66. The van der Waals surface area contributed by atoms with E-state index in [1.54, 1.807) is 10.9 Å². The Morgan fingerprint density at radius 3 is 2.89 bits per heavy atom. The van der Waals surface area contributed by atoms with Gasteiger partial charge in [0.2, 0.25) is 0 Å². The quantitative estimate of drug-likeness (QED) is 0.867. The molecule has 6 heteroatoms. The van der Waals surface area contributed by atoms with Gasteiger partial charge in [0, 0.05) is 19.3 Å². The van der Waals surface area contributed by atoms with Crippen molar-refractivity contribution in [3.8, 4) is 0 Å². The number of aromatic nitrogens is 2. The van der Waals surface area contributed by atoms with Crippen LogP contribution in [0.4, 0.5) is 0 Å². The first-order chi connectivity index (χ1) is 8.53. The van der Waals surface area contributed by atoms with E-state index in [9.17, 15) is 8.42 Å². The molecule has 0 amide bonds. The Kier molecular flexibility index (Phi) is 4.07. The zero-order valence-electron chi connectivity index (χ0n) is 11.0. The van der Waals surface area contributed by atoms with Crippen LogP contribution in [0.3, 0.4) is 0 Å². The normalized spacial score (nSPS) is 24.9. The first kappa shape index (κ1) is 13.5. The van der Waals surface area contributed by atoms with Gasteiger partial charge in [-0.25, -0.2) is 8.42 Å². The maximum atomic E-state index is 12.1. The van der Waals surface area contributed by atoms with E-state index in [1.165, 1.54) is 0 Å². The Hall–Kier alpha value is -0.880. The molecule has 2 unspecified atom stereocenters. The Morgan fingerprint density at radius 1 is 1.56 bits per heavy atom. The van der Waals surface area contributed by atoms with Gasteiger partial charge < -0.3 is 5.32 Å². The number of aryl methyl sites for hydroxylation is 1. The Morgan fingerprint density at radius 2 is 2.33 bits per heavy atom. The van der Waals surface area contributed by atoms with Crippen LogP contribution in [-0.4, -0.2) is 42.3 Å². The minimum Gasteiger partial charge on any atom is -0.315 e. The van der Waals surface area contributed by atoms with Gasteiger partial charge in [0.15, 0.2) is 9.84 Å². The Bertz CT molecular complexity index is 495. The molecule has 2 heterocycles. The summed E-state index contributed by atoms with van der Waals surface area (Å²) in [5, 5.41) is 7.04. The molecule has 0 aliphatic carbocycles. The molecular formula is C12H21N3O2S.